The number of nitrogens with zero attached hydrogens (tertiary/aromatic N) is 1. The monoisotopic (exact) mass is 240 g/mol. The van der Waals surface area contributed by atoms with E-state index in [0.29, 0.717) is 6.10 Å². The Kier molecular flexibility index (Phi) is 4.83. The first-order valence-corrected chi connectivity index (χ1v) is 7.38. The maximum atomic E-state index is 6.35. The normalized spacial score (nSPS) is 27.4. The van der Waals surface area contributed by atoms with Crippen molar-refractivity contribution < 1.29 is 4.74 Å². The second kappa shape index (κ2) is 6.17. The molecule has 2 aliphatic rings. The maximum absolute atomic E-state index is 6.35. The minimum absolute atomic E-state index is 0.283. The fourth-order valence-corrected chi connectivity index (χ4v) is 3.49. The van der Waals surface area contributed by atoms with Gasteiger partial charge in [0, 0.05) is 19.6 Å². The first-order chi connectivity index (χ1) is 8.28. The van der Waals surface area contributed by atoms with Crippen molar-refractivity contribution in [2.45, 2.75) is 63.6 Å². The van der Waals surface area contributed by atoms with Crippen LogP contribution in [-0.2, 0) is 4.74 Å². The molecule has 0 aromatic heterocycles. The van der Waals surface area contributed by atoms with E-state index in [1.165, 1.54) is 44.9 Å². The van der Waals surface area contributed by atoms with Crippen LogP contribution in [0.4, 0.5) is 0 Å². The fourth-order valence-electron chi connectivity index (χ4n) is 3.49. The van der Waals surface area contributed by atoms with Crippen LogP contribution in [0.15, 0.2) is 0 Å². The molecule has 1 saturated carbocycles. The molecule has 1 spiro atoms. The van der Waals surface area contributed by atoms with Gasteiger partial charge in [-0.1, -0.05) is 19.8 Å². The van der Waals surface area contributed by atoms with E-state index in [2.05, 4.69) is 11.8 Å². The summed E-state index contributed by atoms with van der Waals surface area (Å²) in [4.78, 5) is 2.47. The molecule has 1 heterocycles. The van der Waals surface area contributed by atoms with E-state index in [9.17, 15) is 0 Å². The third kappa shape index (κ3) is 3.43. The summed E-state index contributed by atoms with van der Waals surface area (Å²) in [7, 11) is 0. The first kappa shape index (κ1) is 13.3. The van der Waals surface area contributed by atoms with E-state index < -0.39 is 0 Å². The van der Waals surface area contributed by atoms with Crippen molar-refractivity contribution in [2.24, 2.45) is 5.73 Å². The summed E-state index contributed by atoms with van der Waals surface area (Å²) in [6.07, 6.45) is 9.55. The van der Waals surface area contributed by atoms with Crippen LogP contribution in [0.3, 0.4) is 0 Å². The summed E-state index contributed by atoms with van der Waals surface area (Å²) in [6, 6.07) is 0. The molecule has 1 aliphatic heterocycles. The average molecular weight is 240 g/mol. The van der Waals surface area contributed by atoms with Gasteiger partial charge in [0.2, 0.25) is 0 Å². The first-order valence-electron chi connectivity index (χ1n) is 7.38. The minimum atomic E-state index is 0.283. The highest BCUT2D eigenvalue weighted by Crippen LogP contribution is 2.43. The van der Waals surface area contributed by atoms with Crippen molar-refractivity contribution in [1.82, 2.24) is 4.90 Å². The zero-order valence-corrected chi connectivity index (χ0v) is 11.3. The van der Waals surface area contributed by atoms with Crippen molar-refractivity contribution in [1.29, 1.82) is 0 Å². The molecule has 0 radical (unpaired) electrons. The van der Waals surface area contributed by atoms with Gasteiger partial charge in [-0.15, -0.1) is 0 Å². The molecule has 0 aromatic rings. The topological polar surface area (TPSA) is 38.5 Å². The van der Waals surface area contributed by atoms with E-state index in [1.54, 1.807) is 0 Å². The summed E-state index contributed by atoms with van der Waals surface area (Å²) in [5, 5.41) is 0. The van der Waals surface area contributed by atoms with Gasteiger partial charge in [-0.3, -0.25) is 4.90 Å². The van der Waals surface area contributed by atoms with Crippen LogP contribution in [-0.4, -0.2) is 42.8 Å². The molecule has 100 valence electrons. The smallest absolute Gasteiger partial charge is 0.0710 e. The fraction of sp³-hybridized carbons (Fsp3) is 1.00. The predicted octanol–water partition coefficient (Wildman–Crippen LogP) is 2.15. The molecule has 0 aromatic carbocycles. The van der Waals surface area contributed by atoms with Gasteiger partial charge in [0.25, 0.3) is 0 Å². The molecule has 1 atom stereocenters. The van der Waals surface area contributed by atoms with Gasteiger partial charge in [-0.25, -0.2) is 0 Å². The summed E-state index contributed by atoms with van der Waals surface area (Å²) in [6.45, 7) is 6.26. The van der Waals surface area contributed by atoms with Crippen molar-refractivity contribution in [3.8, 4) is 0 Å². The van der Waals surface area contributed by atoms with Gasteiger partial charge >= 0.3 is 0 Å². The van der Waals surface area contributed by atoms with Gasteiger partial charge in [0.15, 0.2) is 0 Å². The summed E-state index contributed by atoms with van der Waals surface area (Å²) in [5.74, 6) is 0. The number of ether oxygens (including phenoxy) is 1. The molecule has 1 saturated heterocycles. The lowest BCUT2D eigenvalue weighted by atomic mass is 9.98. The Morgan fingerprint density at radius 3 is 2.65 bits per heavy atom. The molecule has 0 bridgehead atoms. The van der Waals surface area contributed by atoms with Crippen LogP contribution in [0.2, 0.25) is 0 Å². The lowest BCUT2D eigenvalue weighted by molar-refractivity contribution is -0.0469. The van der Waals surface area contributed by atoms with Crippen molar-refractivity contribution in [2.75, 3.05) is 26.2 Å². The van der Waals surface area contributed by atoms with Gasteiger partial charge in [0.1, 0.15) is 0 Å². The lowest BCUT2D eigenvalue weighted by Crippen LogP contribution is -2.37. The largest absolute Gasteiger partial charge is 0.370 e. The molecule has 1 aliphatic carbocycles. The molecular weight excluding hydrogens is 212 g/mol. The Balaban J connectivity index is 1.79. The predicted molar refractivity (Wildman–Crippen MR) is 71.1 cm³/mol. The SMILES string of the molecule is CCCN(CCN)CC1CCC2(CCCC2)O1. The molecule has 17 heavy (non-hydrogen) atoms. The van der Waals surface area contributed by atoms with Crippen LogP contribution in [0.1, 0.15) is 51.9 Å². The molecule has 2 N–H and O–H groups in total. The van der Waals surface area contributed by atoms with Gasteiger partial charge in [0.05, 0.1) is 11.7 Å². The molecule has 1 unspecified atom stereocenters. The quantitative estimate of drug-likeness (QED) is 0.773. The van der Waals surface area contributed by atoms with E-state index in [-0.39, 0.29) is 5.60 Å². The number of hydrogen-bond acceptors (Lipinski definition) is 3. The third-order valence-corrected chi connectivity index (χ3v) is 4.30. The molecule has 0 amide bonds. The Morgan fingerprint density at radius 1 is 1.24 bits per heavy atom. The summed E-state index contributed by atoms with van der Waals surface area (Å²) in [5.41, 5.74) is 5.95. The van der Waals surface area contributed by atoms with E-state index in [0.717, 1.165) is 26.2 Å². The molecule has 2 rings (SSSR count). The van der Waals surface area contributed by atoms with Crippen LogP contribution in [0, 0.1) is 0 Å². The number of nitrogens with two attached hydrogens (primary N) is 1. The van der Waals surface area contributed by atoms with Gasteiger partial charge in [-0.05, 0) is 38.6 Å². The third-order valence-electron chi connectivity index (χ3n) is 4.30. The van der Waals surface area contributed by atoms with Crippen molar-refractivity contribution >= 4 is 0 Å². The number of hydrogen-bond donors (Lipinski definition) is 1. The van der Waals surface area contributed by atoms with Crippen molar-refractivity contribution in [3.05, 3.63) is 0 Å². The maximum Gasteiger partial charge on any atom is 0.0710 e. The zero-order chi connectivity index (χ0) is 12.1. The summed E-state index contributed by atoms with van der Waals surface area (Å²) < 4.78 is 6.35. The van der Waals surface area contributed by atoms with Crippen LogP contribution >= 0.6 is 0 Å². The summed E-state index contributed by atoms with van der Waals surface area (Å²) >= 11 is 0. The van der Waals surface area contributed by atoms with E-state index in [1.807, 2.05) is 0 Å². The average Bonchev–Trinajstić information content (AvgIpc) is 2.91. The van der Waals surface area contributed by atoms with Gasteiger partial charge < -0.3 is 10.5 Å². The highest BCUT2D eigenvalue weighted by molar-refractivity contribution is 4.93. The molecule has 3 heteroatoms. The Hall–Kier alpha value is -0.120. The second-order valence-corrected chi connectivity index (χ2v) is 5.76. The molecule has 2 fully saturated rings. The highest BCUT2D eigenvalue weighted by atomic mass is 16.5. The molecule has 3 nitrogen and oxygen atoms in total. The van der Waals surface area contributed by atoms with Crippen LogP contribution in [0.5, 0.6) is 0 Å². The second-order valence-electron chi connectivity index (χ2n) is 5.76. The van der Waals surface area contributed by atoms with Crippen LogP contribution in [0.25, 0.3) is 0 Å². The van der Waals surface area contributed by atoms with Gasteiger partial charge in [-0.2, -0.15) is 0 Å². The van der Waals surface area contributed by atoms with E-state index in [4.69, 9.17) is 10.5 Å². The molecular formula is C14H28N2O. The van der Waals surface area contributed by atoms with Crippen molar-refractivity contribution in [3.63, 3.8) is 0 Å². The van der Waals surface area contributed by atoms with Crippen LogP contribution < -0.4 is 5.73 Å². The van der Waals surface area contributed by atoms with E-state index >= 15 is 0 Å². The Labute approximate surface area is 106 Å². The minimum Gasteiger partial charge on any atom is -0.370 e. The Bertz CT molecular complexity index is 220. The zero-order valence-electron chi connectivity index (χ0n) is 11.3. The highest BCUT2D eigenvalue weighted by Gasteiger charge is 2.42. The number of rotatable bonds is 6. The lowest BCUT2D eigenvalue weighted by Gasteiger charge is -2.27. The Morgan fingerprint density at radius 2 is 2.00 bits per heavy atom. The standard InChI is InChI=1S/C14H28N2O/c1-2-10-16(11-9-15)12-13-5-8-14(17-13)6-3-4-7-14/h13H,2-12,15H2,1H3.